The van der Waals surface area contributed by atoms with E-state index in [1.54, 1.807) is 29.0 Å². The maximum Gasteiger partial charge on any atom is 0.191 e. The molecule has 0 aliphatic carbocycles. The summed E-state index contributed by atoms with van der Waals surface area (Å²) in [7, 11) is 0. The number of aromatic nitrogens is 1. The standard InChI is InChI=1S/C14H14FNO2S/c1-10-14(19-9-16-10)6-7-18-8-13(17)11-4-2-3-5-12(11)15/h2-5,9H,6-8H2,1H3. The zero-order chi connectivity index (χ0) is 13.7. The number of benzene rings is 1. The monoisotopic (exact) mass is 279 g/mol. The molecule has 0 fully saturated rings. The summed E-state index contributed by atoms with van der Waals surface area (Å²) in [4.78, 5) is 17.0. The molecule has 1 heterocycles. The third-order valence-corrected chi connectivity index (χ3v) is 3.72. The number of aryl methyl sites for hydroxylation is 1. The van der Waals surface area contributed by atoms with E-state index in [1.807, 2.05) is 6.92 Å². The number of Topliss-reactive ketones (excluding diaryl/α,β-unsaturated/α-hetero) is 1. The van der Waals surface area contributed by atoms with Crippen molar-refractivity contribution in [2.75, 3.05) is 13.2 Å². The van der Waals surface area contributed by atoms with Crippen LogP contribution in [0.4, 0.5) is 4.39 Å². The molecule has 1 aromatic heterocycles. The minimum Gasteiger partial charge on any atom is -0.373 e. The number of hydrogen-bond acceptors (Lipinski definition) is 4. The Morgan fingerprint density at radius 2 is 2.21 bits per heavy atom. The Morgan fingerprint density at radius 1 is 1.42 bits per heavy atom. The van der Waals surface area contributed by atoms with Crippen molar-refractivity contribution in [3.05, 3.63) is 51.7 Å². The van der Waals surface area contributed by atoms with Crippen molar-refractivity contribution >= 4 is 17.1 Å². The smallest absolute Gasteiger partial charge is 0.191 e. The van der Waals surface area contributed by atoms with Crippen molar-refractivity contribution in [3.63, 3.8) is 0 Å². The summed E-state index contributed by atoms with van der Waals surface area (Å²) < 4.78 is 18.6. The summed E-state index contributed by atoms with van der Waals surface area (Å²) in [6.45, 7) is 2.28. The van der Waals surface area contributed by atoms with Crippen LogP contribution >= 0.6 is 11.3 Å². The van der Waals surface area contributed by atoms with Gasteiger partial charge in [-0.1, -0.05) is 12.1 Å². The molecule has 0 spiro atoms. The van der Waals surface area contributed by atoms with Crippen LogP contribution in [-0.4, -0.2) is 24.0 Å². The van der Waals surface area contributed by atoms with E-state index in [-0.39, 0.29) is 18.0 Å². The van der Waals surface area contributed by atoms with Crippen molar-refractivity contribution in [1.29, 1.82) is 0 Å². The second kappa shape index (κ2) is 6.54. The molecule has 0 atom stereocenters. The molecule has 0 aliphatic heterocycles. The second-order valence-corrected chi connectivity index (χ2v) is 5.01. The Hall–Kier alpha value is -1.59. The molecular formula is C14H14FNO2S. The molecule has 0 saturated heterocycles. The van der Waals surface area contributed by atoms with Crippen LogP contribution in [0.15, 0.2) is 29.8 Å². The van der Waals surface area contributed by atoms with Gasteiger partial charge in [0.15, 0.2) is 5.78 Å². The highest BCUT2D eigenvalue weighted by molar-refractivity contribution is 7.09. The van der Waals surface area contributed by atoms with Gasteiger partial charge in [-0.3, -0.25) is 4.79 Å². The number of nitrogens with zero attached hydrogens (tertiary/aromatic N) is 1. The number of ether oxygens (including phenoxy) is 1. The molecule has 0 bridgehead atoms. The summed E-state index contributed by atoms with van der Waals surface area (Å²) >= 11 is 1.57. The topological polar surface area (TPSA) is 39.2 Å². The zero-order valence-electron chi connectivity index (χ0n) is 10.6. The Balaban J connectivity index is 1.79. The van der Waals surface area contributed by atoms with Crippen LogP contribution in [0.5, 0.6) is 0 Å². The van der Waals surface area contributed by atoms with E-state index in [1.165, 1.54) is 12.1 Å². The average Bonchev–Trinajstić information content (AvgIpc) is 2.80. The molecular weight excluding hydrogens is 265 g/mol. The molecule has 0 N–H and O–H groups in total. The van der Waals surface area contributed by atoms with Crippen LogP contribution in [0.2, 0.25) is 0 Å². The quantitative estimate of drug-likeness (QED) is 0.602. The lowest BCUT2D eigenvalue weighted by molar-refractivity contribution is 0.0762. The lowest BCUT2D eigenvalue weighted by Crippen LogP contribution is -2.12. The molecule has 100 valence electrons. The van der Waals surface area contributed by atoms with Gasteiger partial charge in [-0.25, -0.2) is 9.37 Å². The molecule has 0 aliphatic rings. The highest BCUT2D eigenvalue weighted by atomic mass is 32.1. The number of carbonyl (C=O) groups is 1. The molecule has 0 saturated carbocycles. The SMILES string of the molecule is Cc1ncsc1CCOCC(=O)c1ccccc1F. The summed E-state index contributed by atoms with van der Waals surface area (Å²) in [6, 6.07) is 5.93. The zero-order valence-corrected chi connectivity index (χ0v) is 11.4. The third-order valence-electron chi connectivity index (χ3n) is 2.73. The van der Waals surface area contributed by atoms with E-state index in [4.69, 9.17) is 4.74 Å². The van der Waals surface area contributed by atoms with Crippen LogP contribution in [0.1, 0.15) is 20.9 Å². The Kier molecular flexibility index (Phi) is 4.76. The molecule has 3 nitrogen and oxygen atoms in total. The fourth-order valence-corrected chi connectivity index (χ4v) is 2.42. The Bertz CT molecular complexity index is 568. The first-order chi connectivity index (χ1) is 9.18. The predicted molar refractivity (Wildman–Crippen MR) is 72.1 cm³/mol. The molecule has 2 rings (SSSR count). The second-order valence-electron chi connectivity index (χ2n) is 4.07. The normalized spacial score (nSPS) is 10.6. The maximum atomic E-state index is 13.3. The molecule has 2 aromatic rings. The predicted octanol–water partition coefficient (Wildman–Crippen LogP) is 3.03. The van der Waals surface area contributed by atoms with Crippen molar-refractivity contribution in [3.8, 4) is 0 Å². The lowest BCUT2D eigenvalue weighted by Gasteiger charge is -2.04. The lowest BCUT2D eigenvalue weighted by atomic mass is 10.1. The Morgan fingerprint density at radius 3 is 2.89 bits per heavy atom. The first kappa shape index (κ1) is 13.8. The highest BCUT2D eigenvalue weighted by Crippen LogP contribution is 2.13. The molecule has 0 radical (unpaired) electrons. The number of rotatable bonds is 6. The van der Waals surface area contributed by atoms with Crippen LogP contribution < -0.4 is 0 Å². The van der Waals surface area contributed by atoms with Gasteiger partial charge in [-0.2, -0.15) is 0 Å². The summed E-state index contributed by atoms with van der Waals surface area (Å²) in [5.41, 5.74) is 2.86. The van der Waals surface area contributed by atoms with Gasteiger partial charge in [0.1, 0.15) is 12.4 Å². The molecule has 19 heavy (non-hydrogen) atoms. The summed E-state index contributed by atoms with van der Waals surface area (Å²) in [5.74, 6) is -0.839. The van der Waals surface area contributed by atoms with Crippen LogP contribution in [0, 0.1) is 12.7 Å². The first-order valence-corrected chi connectivity index (χ1v) is 6.81. The molecule has 0 amide bonds. The minimum absolute atomic E-state index is 0.0801. The molecule has 0 unspecified atom stereocenters. The van der Waals surface area contributed by atoms with Gasteiger partial charge < -0.3 is 4.74 Å². The number of ketones is 1. The molecule has 5 heteroatoms. The van der Waals surface area contributed by atoms with E-state index < -0.39 is 5.82 Å². The van der Waals surface area contributed by atoms with Gasteiger partial charge in [0.2, 0.25) is 0 Å². The largest absolute Gasteiger partial charge is 0.373 e. The van der Waals surface area contributed by atoms with Crippen molar-refractivity contribution in [2.45, 2.75) is 13.3 Å². The fraction of sp³-hybridized carbons (Fsp3) is 0.286. The highest BCUT2D eigenvalue weighted by Gasteiger charge is 2.10. The van der Waals surface area contributed by atoms with E-state index in [9.17, 15) is 9.18 Å². The number of hydrogen-bond donors (Lipinski definition) is 0. The van der Waals surface area contributed by atoms with Crippen molar-refractivity contribution < 1.29 is 13.9 Å². The van der Waals surface area contributed by atoms with E-state index in [2.05, 4.69) is 4.98 Å². The number of thiazole rings is 1. The van der Waals surface area contributed by atoms with Crippen LogP contribution in [-0.2, 0) is 11.2 Å². The van der Waals surface area contributed by atoms with Crippen molar-refractivity contribution in [2.24, 2.45) is 0 Å². The van der Waals surface area contributed by atoms with Gasteiger partial charge in [-0.15, -0.1) is 11.3 Å². The summed E-state index contributed by atoms with van der Waals surface area (Å²) in [6.07, 6.45) is 0.723. The van der Waals surface area contributed by atoms with Gasteiger partial charge in [0.05, 0.1) is 23.4 Å². The van der Waals surface area contributed by atoms with Gasteiger partial charge in [-0.05, 0) is 19.1 Å². The molecule has 1 aromatic carbocycles. The fourth-order valence-electron chi connectivity index (χ4n) is 1.66. The van der Waals surface area contributed by atoms with Crippen molar-refractivity contribution in [1.82, 2.24) is 4.98 Å². The Labute approximate surface area is 115 Å². The first-order valence-electron chi connectivity index (χ1n) is 5.93. The van der Waals surface area contributed by atoms with E-state index in [0.717, 1.165) is 17.0 Å². The van der Waals surface area contributed by atoms with E-state index in [0.29, 0.717) is 6.61 Å². The number of halogens is 1. The van der Waals surface area contributed by atoms with Crippen LogP contribution in [0.25, 0.3) is 0 Å². The van der Waals surface area contributed by atoms with E-state index >= 15 is 0 Å². The average molecular weight is 279 g/mol. The third kappa shape index (κ3) is 3.68. The van der Waals surface area contributed by atoms with Gasteiger partial charge in [0, 0.05) is 11.3 Å². The number of carbonyl (C=O) groups excluding carboxylic acids is 1. The van der Waals surface area contributed by atoms with Crippen LogP contribution in [0.3, 0.4) is 0 Å². The summed E-state index contributed by atoms with van der Waals surface area (Å²) in [5, 5.41) is 0. The minimum atomic E-state index is -0.505. The van der Waals surface area contributed by atoms with Gasteiger partial charge >= 0.3 is 0 Å². The van der Waals surface area contributed by atoms with Gasteiger partial charge in [0.25, 0.3) is 0 Å². The maximum absolute atomic E-state index is 13.3.